The number of phenols is 2. The van der Waals surface area contributed by atoms with Crippen LogP contribution in [0.4, 0.5) is 0 Å². The summed E-state index contributed by atoms with van der Waals surface area (Å²) in [5, 5.41) is 34.0. The number of aryl methyl sites for hydroxylation is 1. The van der Waals surface area contributed by atoms with E-state index in [0.717, 1.165) is 18.2 Å². The van der Waals surface area contributed by atoms with Gasteiger partial charge in [0.25, 0.3) is 5.91 Å². The van der Waals surface area contributed by atoms with Crippen molar-refractivity contribution in [2.24, 2.45) is 7.05 Å². The predicted octanol–water partition coefficient (Wildman–Crippen LogP) is 0.387. The number of rotatable bonds is 4. The molecule has 4 N–H and O–H groups in total. The van der Waals surface area contributed by atoms with Crippen LogP contribution >= 0.6 is 0 Å². The fourth-order valence-electron chi connectivity index (χ4n) is 1.82. The third-order valence-corrected chi connectivity index (χ3v) is 2.75. The Hall–Kier alpha value is -3.03. The van der Waals surface area contributed by atoms with Crippen molar-refractivity contribution in [2.75, 3.05) is 0 Å². The number of hydrogen-bond acceptors (Lipinski definition) is 5. The maximum absolute atomic E-state index is 12.0. The Labute approximate surface area is 119 Å². The molecule has 1 unspecified atom stereocenters. The molecule has 1 heterocycles. The maximum atomic E-state index is 12.0. The fourth-order valence-corrected chi connectivity index (χ4v) is 1.82. The summed E-state index contributed by atoms with van der Waals surface area (Å²) in [7, 11) is 1.62. The van der Waals surface area contributed by atoms with E-state index in [2.05, 4.69) is 10.4 Å². The summed E-state index contributed by atoms with van der Waals surface area (Å²) in [6.07, 6.45) is 2.80. The van der Waals surface area contributed by atoms with Gasteiger partial charge in [-0.05, 0) is 12.1 Å². The molecule has 0 radical (unpaired) electrons. The average Bonchev–Trinajstić information content (AvgIpc) is 2.80. The Bertz CT molecular complexity index is 675. The molecular weight excluding hydrogens is 278 g/mol. The molecule has 0 aliphatic heterocycles. The Balaban J connectivity index is 2.24. The van der Waals surface area contributed by atoms with Gasteiger partial charge >= 0.3 is 5.97 Å². The van der Waals surface area contributed by atoms with Gasteiger partial charge in [0.1, 0.15) is 11.5 Å². The van der Waals surface area contributed by atoms with Crippen LogP contribution in [-0.2, 0) is 11.8 Å². The highest BCUT2D eigenvalue weighted by Gasteiger charge is 2.24. The number of benzene rings is 1. The minimum absolute atomic E-state index is 0.0531. The molecular formula is C13H13N3O5. The zero-order chi connectivity index (χ0) is 15.6. The molecule has 0 bridgehead atoms. The van der Waals surface area contributed by atoms with Gasteiger partial charge in [-0.25, -0.2) is 4.79 Å². The Morgan fingerprint density at radius 3 is 2.33 bits per heavy atom. The molecule has 8 heteroatoms. The number of nitrogens with one attached hydrogen (secondary N) is 1. The van der Waals surface area contributed by atoms with E-state index in [9.17, 15) is 24.9 Å². The van der Waals surface area contributed by atoms with Crippen LogP contribution in [0.15, 0.2) is 30.6 Å². The highest BCUT2D eigenvalue weighted by Crippen LogP contribution is 2.21. The van der Waals surface area contributed by atoms with Crippen molar-refractivity contribution in [3.05, 3.63) is 41.7 Å². The molecule has 0 spiro atoms. The van der Waals surface area contributed by atoms with Crippen LogP contribution in [0.25, 0.3) is 0 Å². The number of phenolic OH excluding ortho intramolecular Hbond substituents is 2. The monoisotopic (exact) mass is 291 g/mol. The molecule has 0 aliphatic carbocycles. The number of carboxylic acid groups (broad SMARTS) is 1. The molecule has 21 heavy (non-hydrogen) atoms. The van der Waals surface area contributed by atoms with E-state index >= 15 is 0 Å². The molecule has 1 aromatic heterocycles. The summed E-state index contributed by atoms with van der Waals surface area (Å²) in [5.41, 5.74) is 0.255. The summed E-state index contributed by atoms with van der Waals surface area (Å²) >= 11 is 0. The maximum Gasteiger partial charge on any atom is 0.331 e. The van der Waals surface area contributed by atoms with Crippen LogP contribution in [0.1, 0.15) is 22.0 Å². The molecule has 8 nitrogen and oxygen atoms in total. The van der Waals surface area contributed by atoms with E-state index < -0.39 is 17.9 Å². The van der Waals surface area contributed by atoms with E-state index in [-0.39, 0.29) is 17.1 Å². The Morgan fingerprint density at radius 2 is 1.86 bits per heavy atom. The van der Waals surface area contributed by atoms with Crippen LogP contribution < -0.4 is 5.32 Å². The highest BCUT2D eigenvalue weighted by molar-refractivity contribution is 5.97. The average molecular weight is 291 g/mol. The lowest BCUT2D eigenvalue weighted by Gasteiger charge is -2.13. The standard InChI is InChI=1S/C13H13N3O5/c1-16-6-8(5-14-16)11(13(20)21)15-12(19)7-2-9(17)4-10(18)3-7/h2-6,11,17-18H,1H3,(H,15,19)(H,20,21). The lowest BCUT2D eigenvalue weighted by molar-refractivity contribution is -0.139. The van der Waals surface area contributed by atoms with Crippen molar-refractivity contribution in [3.8, 4) is 11.5 Å². The summed E-state index contributed by atoms with van der Waals surface area (Å²) in [5.74, 6) is -2.58. The number of hydrogen-bond donors (Lipinski definition) is 4. The second-order valence-corrected chi connectivity index (χ2v) is 4.43. The van der Waals surface area contributed by atoms with Crippen molar-refractivity contribution in [3.63, 3.8) is 0 Å². The molecule has 1 atom stereocenters. The van der Waals surface area contributed by atoms with E-state index in [0.29, 0.717) is 5.56 Å². The first-order valence-corrected chi connectivity index (χ1v) is 5.92. The molecule has 0 fully saturated rings. The lowest BCUT2D eigenvalue weighted by atomic mass is 10.1. The molecule has 1 amide bonds. The molecule has 1 aromatic carbocycles. The number of nitrogens with zero attached hydrogens (tertiary/aromatic N) is 2. The number of carboxylic acids is 1. The quantitative estimate of drug-likeness (QED) is 0.645. The molecule has 2 aromatic rings. The van der Waals surface area contributed by atoms with E-state index in [1.165, 1.54) is 17.1 Å². The van der Waals surface area contributed by atoms with Gasteiger partial charge in [0.2, 0.25) is 0 Å². The number of carbonyl (C=O) groups is 2. The summed E-state index contributed by atoms with van der Waals surface area (Å²) in [6.45, 7) is 0. The van der Waals surface area contributed by atoms with Gasteiger partial charge in [-0.1, -0.05) is 0 Å². The van der Waals surface area contributed by atoms with Crippen LogP contribution in [0, 0.1) is 0 Å². The van der Waals surface area contributed by atoms with E-state index in [4.69, 9.17) is 0 Å². The smallest absolute Gasteiger partial charge is 0.331 e. The summed E-state index contributed by atoms with van der Waals surface area (Å²) < 4.78 is 1.41. The van der Waals surface area contributed by atoms with Crippen LogP contribution in [-0.4, -0.2) is 37.0 Å². The summed E-state index contributed by atoms with van der Waals surface area (Å²) in [6, 6.07) is 2.02. The van der Waals surface area contributed by atoms with Gasteiger partial charge in [0.05, 0.1) is 6.20 Å². The molecule has 0 saturated heterocycles. The van der Waals surface area contributed by atoms with E-state index in [1.54, 1.807) is 7.05 Å². The normalized spacial score (nSPS) is 11.9. The molecule has 2 rings (SSSR count). The second kappa shape index (κ2) is 5.53. The van der Waals surface area contributed by atoms with Gasteiger partial charge in [-0.2, -0.15) is 5.10 Å². The zero-order valence-corrected chi connectivity index (χ0v) is 11.0. The number of aliphatic carboxylic acids is 1. The first kappa shape index (κ1) is 14.4. The van der Waals surface area contributed by atoms with E-state index in [1.807, 2.05) is 0 Å². The zero-order valence-electron chi connectivity index (χ0n) is 11.0. The first-order valence-electron chi connectivity index (χ1n) is 5.92. The first-order chi connectivity index (χ1) is 9.86. The third-order valence-electron chi connectivity index (χ3n) is 2.75. The lowest BCUT2D eigenvalue weighted by Crippen LogP contribution is -2.33. The Morgan fingerprint density at radius 1 is 1.24 bits per heavy atom. The predicted molar refractivity (Wildman–Crippen MR) is 70.8 cm³/mol. The number of amides is 1. The SMILES string of the molecule is Cn1cc(C(NC(=O)c2cc(O)cc(O)c2)C(=O)O)cn1. The fraction of sp³-hybridized carbons (Fsp3) is 0.154. The van der Waals surface area contributed by atoms with Crippen molar-refractivity contribution < 1.29 is 24.9 Å². The minimum atomic E-state index is -1.28. The van der Waals surface area contributed by atoms with Gasteiger partial charge in [0.15, 0.2) is 6.04 Å². The topological polar surface area (TPSA) is 125 Å². The minimum Gasteiger partial charge on any atom is -0.508 e. The summed E-state index contributed by atoms with van der Waals surface area (Å²) in [4.78, 5) is 23.3. The van der Waals surface area contributed by atoms with Crippen LogP contribution in [0.5, 0.6) is 11.5 Å². The highest BCUT2D eigenvalue weighted by atomic mass is 16.4. The van der Waals surface area contributed by atoms with Gasteiger partial charge in [-0.15, -0.1) is 0 Å². The largest absolute Gasteiger partial charge is 0.508 e. The van der Waals surface area contributed by atoms with Crippen molar-refractivity contribution in [2.45, 2.75) is 6.04 Å². The number of aromatic hydroxyl groups is 2. The Kier molecular flexibility index (Phi) is 3.79. The van der Waals surface area contributed by atoms with Gasteiger partial charge in [0, 0.05) is 30.4 Å². The van der Waals surface area contributed by atoms with Gasteiger partial charge < -0.3 is 20.6 Å². The number of carbonyl (C=O) groups excluding carboxylic acids is 1. The van der Waals surface area contributed by atoms with Crippen LogP contribution in [0.2, 0.25) is 0 Å². The van der Waals surface area contributed by atoms with Crippen LogP contribution in [0.3, 0.4) is 0 Å². The van der Waals surface area contributed by atoms with Crippen molar-refractivity contribution in [1.29, 1.82) is 0 Å². The van der Waals surface area contributed by atoms with Crippen molar-refractivity contribution in [1.82, 2.24) is 15.1 Å². The third kappa shape index (κ3) is 3.30. The second-order valence-electron chi connectivity index (χ2n) is 4.43. The van der Waals surface area contributed by atoms with Gasteiger partial charge in [-0.3, -0.25) is 9.48 Å². The number of aromatic nitrogens is 2. The molecule has 0 aliphatic rings. The molecule has 110 valence electrons. The molecule has 0 saturated carbocycles. The van der Waals surface area contributed by atoms with Crippen molar-refractivity contribution >= 4 is 11.9 Å².